The van der Waals surface area contributed by atoms with E-state index in [4.69, 9.17) is 4.74 Å². The van der Waals surface area contributed by atoms with Gasteiger partial charge in [0.05, 0.1) is 28.3 Å². The second-order valence-corrected chi connectivity index (χ2v) is 12.6. The Morgan fingerprint density at radius 3 is 1.81 bits per heavy atom. The van der Waals surface area contributed by atoms with Crippen LogP contribution in [0.3, 0.4) is 0 Å². The van der Waals surface area contributed by atoms with E-state index in [9.17, 15) is 19.2 Å². The van der Waals surface area contributed by atoms with Gasteiger partial charge in [0, 0.05) is 22.9 Å². The summed E-state index contributed by atoms with van der Waals surface area (Å²) in [7, 11) is 1.63. The molecule has 10 heteroatoms. The third kappa shape index (κ3) is 6.04. The molecule has 0 unspecified atom stereocenters. The van der Waals surface area contributed by atoms with E-state index in [2.05, 4.69) is 15.2 Å². The van der Waals surface area contributed by atoms with E-state index in [1.807, 2.05) is 109 Å². The number of hydrogen-bond acceptors (Lipinski definition) is 7. The van der Waals surface area contributed by atoms with Gasteiger partial charge in [-0.05, 0) is 76.1 Å². The Morgan fingerprint density at radius 2 is 1.23 bits per heavy atom. The summed E-state index contributed by atoms with van der Waals surface area (Å²) in [6, 6.07) is 35.6. The van der Waals surface area contributed by atoms with E-state index in [1.165, 1.54) is 0 Å². The van der Waals surface area contributed by atoms with Crippen molar-refractivity contribution in [3.05, 3.63) is 130 Å². The Kier molecular flexibility index (Phi) is 8.11. The van der Waals surface area contributed by atoms with E-state index in [0.717, 1.165) is 74.0 Å². The number of carbonyl (C=O) groups is 4. The van der Waals surface area contributed by atoms with E-state index in [-0.39, 0.29) is 5.24 Å². The molecular weight excluding hydrogens is 631 g/mol. The highest BCUT2D eigenvalue weighted by Gasteiger charge is 2.28. The molecule has 2 saturated heterocycles. The molecule has 0 spiro atoms. The molecule has 47 heavy (non-hydrogen) atoms. The van der Waals surface area contributed by atoms with Gasteiger partial charge in [0.15, 0.2) is 0 Å². The highest BCUT2D eigenvalue weighted by molar-refractivity contribution is 8.18. The molecule has 0 aliphatic carbocycles. The number of ether oxygens (including phenoxy) is 1. The summed E-state index contributed by atoms with van der Waals surface area (Å²) in [6.45, 7) is 0. The molecule has 2 aliphatic heterocycles. The summed E-state index contributed by atoms with van der Waals surface area (Å²) < 4.78 is 8.07. The fourth-order valence-electron chi connectivity index (χ4n) is 5.57. The Labute approximate surface area is 278 Å². The number of nitrogens with one attached hydrogen (secondary N) is 2. The maximum Gasteiger partial charge on any atom is 0.290 e. The predicted molar refractivity (Wildman–Crippen MR) is 187 cm³/mol. The van der Waals surface area contributed by atoms with Gasteiger partial charge in [0.1, 0.15) is 5.75 Å². The number of benzene rings is 4. The molecule has 0 saturated carbocycles. The Bertz CT molecular complexity index is 2140. The van der Waals surface area contributed by atoms with Gasteiger partial charge in [0.2, 0.25) is 0 Å². The van der Waals surface area contributed by atoms with E-state index >= 15 is 0 Å². The van der Waals surface area contributed by atoms with E-state index in [0.29, 0.717) is 15.6 Å². The van der Waals surface area contributed by atoms with Crippen LogP contribution in [0, 0.1) is 0 Å². The Morgan fingerprint density at radius 1 is 0.638 bits per heavy atom. The third-order valence-corrected chi connectivity index (χ3v) is 9.30. The molecule has 7 rings (SSSR count). The number of methoxy groups -OCH3 is 1. The third-order valence-electron chi connectivity index (χ3n) is 7.68. The van der Waals surface area contributed by atoms with Crippen LogP contribution in [0.1, 0.15) is 11.1 Å². The van der Waals surface area contributed by atoms with Gasteiger partial charge in [0.25, 0.3) is 22.3 Å². The standard InChI is InChI=1S/C37H25N3O5S2/c1-45-30-21-27(16-17-28(30)23-14-12-22(13-15-23)18-31-34(41)38-36(43)46-31)40-29(24-8-4-2-5-9-24)19-26(20-32-35(42)39-37(44)47-32)33(40)25-10-6-3-7-11-25/h2-21H,1H3,(H,38,41,43)(H,39,42,44)/b31-18-,32-20-. The van der Waals surface area contributed by atoms with Crippen LogP contribution in [-0.2, 0) is 9.59 Å². The maximum atomic E-state index is 12.6. The van der Waals surface area contributed by atoms with Crippen molar-refractivity contribution < 1.29 is 23.9 Å². The maximum absolute atomic E-state index is 12.6. The number of thioether (sulfide) groups is 2. The molecule has 0 atom stereocenters. The van der Waals surface area contributed by atoms with Crippen LogP contribution in [0.2, 0.25) is 0 Å². The van der Waals surface area contributed by atoms with Crippen LogP contribution in [0.15, 0.2) is 119 Å². The van der Waals surface area contributed by atoms with Gasteiger partial charge in [-0.25, -0.2) is 0 Å². The summed E-state index contributed by atoms with van der Waals surface area (Å²) in [5, 5.41) is 3.85. The van der Waals surface area contributed by atoms with Crippen molar-refractivity contribution in [3.8, 4) is 45.1 Å². The molecule has 2 N–H and O–H groups in total. The SMILES string of the molecule is COc1cc(-n2c(-c3ccccc3)cc(/C=C3\SC(=O)NC3=O)c2-c2ccccc2)ccc1-c1ccc(/C=C2\SC(=O)NC2=O)cc1. The van der Waals surface area contributed by atoms with E-state index < -0.39 is 17.1 Å². The highest BCUT2D eigenvalue weighted by atomic mass is 32.2. The molecule has 8 nitrogen and oxygen atoms in total. The fraction of sp³-hybridized carbons (Fsp3) is 0.0270. The second-order valence-electron chi connectivity index (χ2n) is 10.6. The number of amides is 4. The first-order chi connectivity index (χ1) is 22.9. The molecular formula is C37H25N3O5S2. The fourth-order valence-corrected chi connectivity index (χ4v) is 6.93. The van der Waals surface area contributed by atoms with Gasteiger partial charge in [-0.1, -0.05) is 84.9 Å². The Hall–Kier alpha value is -5.58. The molecule has 2 aliphatic rings. The van der Waals surface area contributed by atoms with Crippen molar-refractivity contribution in [1.82, 2.24) is 15.2 Å². The molecule has 230 valence electrons. The van der Waals surface area contributed by atoms with Crippen LogP contribution < -0.4 is 15.4 Å². The lowest BCUT2D eigenvalue weighted by atomic mass is 10.0. The number of nitrogens with zero attached hydrogens (tertiary/aromatic N) is 1. The number of carbonyl (C=O) groups excluding carboxylic acids is 4. The van der Waals surface area contributed by atoms with Crippen molar-refractivity contribution in [3.63, 3.8) is 0 Å². The first-order valence-electron chi connectivity index (χ1n) is 14.5. The molecule has 4 aromatic carbocycles. The predicted octanol–water partition coefficient (Wildman–Crippen LogP) is 8.13. The van der Waals surface area contributed by atoms with Gasteiger partial charge in [-0.3, -0.25) is 29.8 Å². The summed E-state index contributed by atoms with van der Waals surface area (Å²) in [6.07, 6.45) is 3.45. The molecule has 2 fully saturated rings. The van der Waals surface area contributed by atoms with Crippen molar-refractivity contribution >= 4 is 58.0 Å². The monoisotopic (exact) mass is 655 g/mol. The van der Waals surface area contributed by atoms with Gasteiger partial charge in [-0.15, -0.1) is 0 Å². The molecule has 4 amide bonds. The number of hydrogen-bond donors (Lipinski definition) is 2. The zero-order valence-electron chi connectivity index (χ0n) is 24.9. The molecule has 0 bridgehead atoms. The summed E-state index contributed by atoms with van der Waals surface area (Å²) >= 11 is 1.77. The van der Waals surface area contributed by atoms with Crippen LogP contribution in [0.4, 0.5) is 9.59 Å². The van der Waals surface area contributed by atoms with Crippen molar-refractivity contribution in [2.24, 2.45) is 0 Å². The Balaban J connectivity index is 1.36. The van der Waals surface area contributed by atoms with Gasteiger partial charge < -0.3 is 9.30 Å². The lowest BCUT2D eigenvalue weighted by molar-refractivity contribution is -0.116. The average molecular weight is 656 g/mol. The minimum absolute atomic E-state index is 0.328. The molecule has 5 aromatic rings. The van der Waals surface area contributed by atoms with Crippen LogP contribution in [0.25, 0.3) is 51.5 Å². The zero-order valence-corrected chi connectivity index (χ0v) is 26.5. The highest BCUT2D eigenvalue weighted by Crippen LogP contribution is 2.41. The summed E-state index contributed by atoms with van der Waals surface area (Å²) in [5.41, 5.74) is 7.84. The lowest BCUT2D eigenvalue weighted by Gasteiger charge is -2.18. The van der Waals surface area contributed by atoms with Crippen LogP contribution in [-0.4, -0.2) is 34.0 Å². The number of imide groups is 2. The zero-order chi connectivity index (χ0) is 32.5. The second kappa shape index (κ2) is 12.7. The van der Waals surface area contributed by atoms with Crippen LogP contribution >= 0.6 is 23.5 Å². The van der Waals surface area contributed by atoms with Crippen molar-refractivity contribution in [1.29, 1.82) is 0 Å². The first-order valence-corrected chi connectivity index (χ1v) is 16.2. The average Bonchev–Trinajstić information content (AvgIpc) is 3.74. The molecule has 1 aromatic heterocycles. The topological polar surface area (TPSA) is 106 Å². The lowest BCUT2D eigenvalue weighted by Crippen LogP contribution is -2.17. The normalized spacial score (nSPS) is 16.2. The first kappa shape index (κ1) is 30.1. The molecule has 0 radical (unpaired) electrons. The summed E-state index contributed by atoms with van der Waals surface area (Å²) in [5.74, 6) is -0.165. The van der Waals surface area contributed by atoms with Gasteiger partial charge >= 0.3 is 0 Å². The minimum atomic E-state index is -0.417. The molecule has 3 heterocycles. The van der Waals surface area contributed by atoms with Crippen molar-refractivity contribution in [2.45, 2.75) is 0 Å². The summed E-state index contributed by atoms with van der Waals surface area (Å²) in [4.78, 5) is 48.8. The number of rotatable bonds is 7. The van der Waals surface area contributed by atoms with Gasteiger partial charge in [-0.2, -0.15) is 0 Å². The van der Waals surface area contributed by atoms with E-state index in [1.54, 1.807) is 19.3 Å². The quantitative estimate of drug-likeness (QED) is 0.171. The largest absolute Gasteiger partial charge is 0.496 e. The number of aromatic nitrogens is 1. The smallest absolute Gasteiger partial charge is 0.290 e. The van der Waals surface area contributed by atoms with Crippen molar-refractivity contribution in [2.75, 3.05) is 7.11 Å². The minimum Gasteiger partial charge on any atom is -0.496 e. The van der Waals surface area contributed by atoms with Crippen LogP contribution in [0.5, 0.6) is 5.75 Å².